The second-order valence-electron chi connectivity index (χ2n) is 5.03. The van der Waals surface area contributed by atoms with E-state index in [0.29, 0.717) is 18.4 Å². The first-order valence-electron chi connectivity index (χ1n) is 6.42. The summed E-state index contributed by atoms with van der Waals surface area (Å²) in [6, 6.07) is 8.23. The van der Waals surface area contributed by atoms with Crippen molar-refractivity contribution in [2.75, 3.05) is 5.32 Å². The van der Waals surface area contributed by atoms with Crippen molar-refractivity contribution in [3.8, 4) is 0 Å². The molecule has 0 heterocycles. The molecule has 0 bridgehead atoms. The van der Waals surface area contributed by atoms with Gasteiger partial charge in [-0.15, -0.1) is 0 Å². The number of benzene rings is 1. The summed E-state index contributed by atoms with van der Waals surface area (Å²) in [5.74, 6) is 0.894. The van der Waals surface area contributed by atoms with Crippen LogP contribution in [-0.2, 0) is 0 Å². The lowest BCUT2D eigenvalue weighted by atomic mass is 10.0. The lowest BCUT2D eigenvalue weighted by Crippen LogP contribution is -2.17. The van der Waals surface area contributed by atoms with Crippen LogP contribution in [0.1, 0.15) is 50.9 Å². The molecule has 2 heteroatoms. The average molecular weight is 233 g/mol. The van der Waals surface area contributed by atoms with Gasteiger partial charge in [0, 0.05) is 23.7 Å². The molecular formula is C15H23NO. The second kappa shape index (κ2) is 6.43. The Kier molecular flexibility index (Phi) is 5.20. The molecule has 94 valence electrons. The van der Waals surface area contributed by atoms with Crippen molar-refractivity contribution in [2.45, 2.75) is 46.6 Å². The largest absolute Gasteiger partial charge is 0.383 e. The summed E-state index contributed by atoms with van der Waals surface area (Å²) >= 11 is 0. The van der Waals surface area contributed by atoms with E-state index in [4.69, 9.17) is 0 Å². The number of rotatable bonds is 6. The van der Waals surface area contributed by atoms with Gasteiger partial charge in [0.2, 0.25) is 0 Å². The quantitative estimate of drug-likeness (QED) is 0.749. The summed E-state index contributed by atoms with van der Waals surface area (Å²) in [6.07, 6.45) is 1.71. The fraction of sp³-hybridized carbons (Fsp3) is 0.533. The number of ketones is 1. The van der Waals surface area contributed by atoms with Crippen molar-refractivity contribution in [2.24, 2.45) is 5.92 Å². The first kappa shape index (κ1) is 13.8. The zero-order valence-electron chi connectivity index (χ0n) is 11.3. The fourth-order valence-electron chi connectivity index (χ4n) is 2.01. The number of anilines is 1. The molecule has 1 rings (SSSR count). The van der Waals surface area contributed by atoms with Gasteiger partial charge in [0.15, 0.2) is 5.78 Å². The van der Waals surface area contributed by atoms with E-state index in [-0.39, 0.29) is 5.78 Å². The number of hydrogen-bond donors (Lipinski definition) is 1. The first-order valence-corrected chi connectivity index (χ1v) is 6.42. The summed E-state index contributed by atoms with van der Waals surface area (Å²) in [5, 5.41) is 3.45. The van der Waals surface area contributed by atoms with Gasteiger partial charge in [-0.05, 0) is 43.5 Å². The molecule has 0 aliphatic rings. The van der Waals surface area contributed by atoms with Crippen molar-refractivity contribution >= 4 is 11.5 Å². The highest BCUT2D eigenvalue weighted by Gasteiger charge is 2.06. The number of hydrogen-bond acceptors (Lipinski definition) is 2. The normalized spacial score (nSPS) is 12.5. The van der Waals surface area contributed by atoms with Crippen LogP contribution in [0.25, 0.3) is 0 Å². The monoisotopic (exact) mass is 233 g/mol. The highest BCUT2D eigenvalue weighted by atomic mass is 16.1. The van der Waals surface area contributed by atoms with Crippen molar-refractivity contribution in [3.63, 3.8) is 0 Å². The van der Waals surface area contributed by atoms with E-state index in [0.717, 1.165) is 17.7 Å². The number of Topliss-reactive ketones (excluding diaryl/α,β-unsaturated/α-hetero) is 1. The van der Waals surface area contributed by atoms with E-state index in [2.05, 4.69) is 26.1 Å². The minimum atomic E-state index is 0.201. The molecule has 1 atom stereocenters. The van der Waals surface area contributed by atoms with E-state index >= 15 is 0 Å². The zero-order chi connectivity index (χ0) is 12.8. The maximum absolute atomic E-state index is 11.5. The Hall–Kier alpha value is -1.31. The minimum Gasteiger partial charge on any atom is -0.383 e. The third kappa shape index (κ3) is 4.59. The van der Waals surface area contributed by atoms with Crippen LogP contribution in [0.4, 0.5) is 5.69 Å². The van der Waals surface area contributed by atoms with E-state index in [1.807, 2.05) is 31.2 Å². The van der Waals surface area contributed by atoms with Gasteiger partial charge in [-0.3, -0.25) is 4.79 Å². The number of carbonyl (C=O) groups excluding carboxylic acids is 1. The van der Waals surface area contributed by atoms with Gasteiger partial charge in [0.05, 0.1) is 0 Å². The molecule has 1 N–H and O–H groups in total. The number of nitrogens with one attached hydrogen (secondary N) is 1. The van der Waals surface area contributed by atoms with Gasteiger partial charge in [-0.25, -0.2) is 0 Å². The van der Waals surface area contributed by atoms with Crippen molar-refractivity contribution in [1.29, 1.82) is 0 Å². The second-order valence-corrected chi connectivity index (χ2v) is 5.03. The molecule has 0 spiro atoms. The van der Waals surface area contributed by atoms with Gasteiger partial charge < -0.3 is 5.32 Å². The molecule has 0 saturated heterocycles. The maximum Gasteiger partial charge on any atom is 0.162 e. The first-order chi connectivity index (χ1) is 8.02. The molecule has 0 aliphatic carbocycles. The Bertz CT molecular complexity index is 354. The molecule has 1 unspecified atom stereocenters. The molecule has 0 amide bonds. The van der Waals surface area contributed by atoms with Crippen LogP contribution in [0.15, 0.2) is 24.3 Å². The van der Waals surface area contributed by atoms with Gasteiger partial charge in [-0.1, -0.05) is 20.8 Å². The summed E-state index contributed by atoms with van der Waals surface area (Å²) in [6.45, 7) is 8.52. The Morgan fingerprint density at radius 2 is 1.76 bits per heavy atom. The predicted molar refractivity (Wildman–Crippen MR) is 73.6 cm³/mol. The summed E-state index contributed by atoms with van der Waals surface area (Å²) in [5.41, 5.74) is 1.89. The molecule has 0 saturated carbocycles. The lowest BCUT2D eigenvalue weighted by molar-refractivity contribution is 0.0988. The van der Waals surface area contributed by atoms with Crippen LogP contribution in [0.3, 0.4) is 0 Å². The highest BCUT2D eigenvalue weighted by Crippen LogP contribution is 2.14. The van der Waals surface area contributed by atoms with Gasteiger partial charge in [0.1, 0.15) is 0 Å². The number of carbonyl (C=O) groups is 1. The van der Waals surface area contributed by atoms with Crippen molar-refractivity contribution in [1.82, 2.24) is 0 Å². The highest BCUT2D eigenvalue weighted by molar-refractivity contribution is 5.96. The van der Waals surface area contributed by atoms with Crippen LogP contribution in [-0.4, -0.2) is 11.8 Å². The lowest BCUT2D eigenvalue weighted by Gasteiger charge is -2.17. The molecular weight excluding hydrogens is 210 g/mol. The Labute approximate surface area is 104 Å². The standard InChI is InChI=1S/C15H23NO/c1-5-15(17)13-6-8-14(9-7-13)16-12(4)10-11(2)3/h6-9,11-12,16H,5,10H2,1-4H3. The summed E-state index contributed by atoms with van der Waals surface area (Å²) in [7, 11) is 0. The summed E-state index contributed by atoms with van der Waals surface area (Å²) < 4.78 is 0. The SMILES string of the molecule is CCC(=O)c1ccc(NC(C)CC(C)C)cc1. The van der Waals surface area contributed by atoms with Crippen molar-refractivity contribution in [3.05, 3.63) is 29.8 Å². The fourth-order valence-corrected chi connectivity index (χ4v) is 2.01. The molecule has 17 heavy (non-hydrogen) atoms. The molecule has 0 radical (unpaired) electrons. The van der Waals surface area contributed by atoms with E-state index in [9.17, 15) is 4.79 Å². The summed E-state index contributed by atoms with van der Waals surface area (Å²) in [4.78, 5) is 11.5. The Morgan fingerprint density at radius 3 is 2.24 bits per heavy atom. The topological polar surface area (TPSA) is 29.1 Å². The van der Waals surface area contributed by atoms with Gasteiger partial charge in [-0.2, -0.15) is 0 Å². The predicted octanol–water partition coefficient (Wildman–Crippen LogP) is 4.13. The van der Waals surface area contributed by atoms with Crippen LogP contribution in [0.2, 0.25) is 0 Å². The molecule has 0 fully saturated rings. The van der Waals surface area contributed by atoms with Gasteiger partial charge >= 0.3 is 0 Å². The van der Waals surface area contributed by atoms with E-state index < -0.39 is 0 Å². The maximum atomic E-state index is 11.5. The van der Waals surface area contributed by atoms with Crippen LogP contribution in [0.5, 0.6) is 0 Å². The van der Waals surface area contributed by atoms with Crippen LogP contribution >= 0.6 is 0 Å². The van der Waals surface area contributed by atoms with E-state index in [1.165, 1.54) is 0 Å². The Balaban J connectivity index is 2.59. The van der Waals surface area contributed by atoms with Crippen LogP contribution < -0.4 is 5.32 Å². The average Bonchev–Trinajstić information content (AvgIpc) is 2.28. The van der Waals surface area contributed by atoms with Crippen molar-refractivity contribution < 1.29 is 4.79 Å². The smallest absolute Gasteiger partial charge is 0.162 e. The van der Waals surface area contributed by atoms with E-state index in [1.54, 1.807) is 0 Å². The molecule has 2 nitrogen and oxygen atoms in total. The molecule has 0 aromatic heterocycles. The zero-order valence-corrected chi connectivity index (χ0v) is 11.3. The molecule has 1 aromatic carbocycles. The van der Waals surface area contributed by atoms with Crippen LogP contribution in [0, 0.1) is 5.92 Å². The van der Waals surface area contributed by atoms with Gasteiger partial charge in [0.25, 0.3) is 0 Å². The Morgan fingerprint density at radius 1 is 1.18 bits per heavy atom. The molecule has 0 aliphatic heterocycles. The third-order valence-corrected chi connectivity index (χ3v) is 2.77. The minimum absolute atomic E-state index is 0.201. The third-order valence-electron chi connectivity index (χ3n) is 2.77. The molecule has 1 aromatic rings.